The Morgan fingerprint density at radius 3 is 2.55 bits per heavy atom. The minimum absolute atomic E-state index is 0.0721. The quantitative estimate of drug-likeness (QED) is 0.499. The maximum atomic E-state index is 12.3. The van der Waals surface area contributed by atoms with Gasteiger partial charge in [0.15, 0.2) is 0 Å². The molecule has 1 aliphatic rings. The highest BCUT2D eigenvalue weighted by Gasteiger charge is 2.32. The van der Waals surface area contributed by atoms with Crippen LogP contribution in [-0.2, 0) is 6.42 Å². The van der Waals surface area contributed by atoms with Gasteiger partial charge in [-0.15, -0.1) is 0 Å². The van der Waals surface area contributed by atoms with Crippen molar-refractivity contribution >= 4 is 22.9 Å². The lowest BCUT2D eigenvalue weighted by Crippen LogP contribution is -2.56. The van der Waals surface area contributed by atoms with E-state index in [9.17, 15) is 14.7 Å². The molecule has 3 aromatic rings. The highest BCUT2D eigenvalue weighted by atomic mass is 32.1. The molecule has 1 atom stereocenters. The molecular weight excluding hydrogens is 390 g/mol. The largest absolute Gasteiger partial charge is 0.494 e. The number of thiazole rings is 1. The number of H-pyrrole nitrogens is 1. The SMILES string of the molecule is CC1(CCOc2ccc(Cc3sc(=O)[nH]c3O)cc2)NC(=O)c2ccccc2N1. The van der Waals surface area contributed by atoms with Gasteiger partial charge in [0.2, 0.25) is 5.88 Å². The van der Waals surface area contributed by atoms with Gasteiger partial charge in [0.1, 0.15) is 11.4 Å². The van der Waals surface area contributed by atoms with Crippen molar-refractivity contribution in [2.24, 2.45) is 0 Å². The number of hydrogen-bond donors (Lipinski definition) is 4. The molecule has 4 N–H and O–H groups in total. The second kappa shape index (κ2) is 7.63. The number of amides is 1. The molecule has 1 aromatic heterocycles. The summed E-state index contributed by atoms with van der Waals surface area (Å²) in [5, 5.41) is 16.1. The molecule has 29 heavy (non-hydrogen) atoms. The van der Waals surface area contributed by atoms with E-state index >= 15 is 0 Å². The maximum Gasteiger partial charge on any atom is 0.307 e. The number of rotatable bonds is 6. The molecule has 1 unspecified atom stereocenters. The number of carbonyl (C=O) groups is 1. The van der Waals surface area contributed by atoms with Gasteiger partial charge in [0, 0.05) is 18.5 Å². The van der Waals surface area contributed by atoms with Crippen LogP contribution in [0.4, 0.5) is 5.69 Å². The van der Waals surface area contributed by atoms with E-state index in [4.69, 9.17) is 4.74 Å². The summed E-state index contributed by atoms with van der Waals surface area (Å²) >= 11 is 1.00. The molecule has 1 amide bonds. The molecular formula is C21H21N3O4S. The molecule has 4 rings (SSSR count). The Morgan fingerprint density at radius 2 is 1.83 bits per heavy atom. The van der Waals surface area contributed by atoms with Crippen LogP contribution in [0.1, 0.15) is 34.1 Å². The summed E-state index contributed by atoms with van der Waals surface area (Å²) < 4.78 is 5.84. The molecule has 2 aromatic carbocycles. The first-order valence-electron chi connectivity index (χ1n) is 9.24. The van der Waals surface area contributed by atoms with E-state index in [1.165, 1.54) is 0 Å². The van der Waals surface area contributed by atoms with Gasteiger partial charge < -0.3 is 20.5 Å². The number of aromatic nitrogens is 1. The molecule has 0 radical (unpaired) electrons. The number of benzene rings is 2. The Balaban J connectivity index is 1.33. The van der Waals surface area contributed by atoms with Gasteiger partial charge in [-0.2, -0.15) is 0 Å². The van der Waals surface area contributed by atoms with Gasteiger partial charge >= 0.3 is 4.87 Å². The van der Waals surface area contributed by atoms with Gasteiger partial charge in [0.05, 0.1) is 17.0 Å². The zero-order chi connectivity index (χ0) is 20.4. The number of carbonyl (C=O) groups excluding carboxylic acids is 1. The first-order chi connectivity index (χ1) is 13.9. The number of ether oxygens (including phenoxy) is 1. The fourth-order valence-corrected chi connectivity index (χ4v) is 4.05. The third-order valence-corrected chi connectivity index (χ3v) is 5.70. The van der Waals surface area contributed by atoms with Crippen LogP contribution < -0.4 is 20.2 Å². The third kappa shape index (κ3) is 4.27. The second-order valence-corrected chi connectivity index (χ2v) is 8.23. The van der Waals surface area contributed by atoms with Crippen LogP contribution in [0, 0.1) is 0 Å². The van der Waals surface area contributed by atoms with Crippen LogP contribution in [0.25, 0.3) is 0 Å². The fraction of sp³-hybridized carbons (Fsp3) is 0.238. The highest BCUT2D eigenvalue weighted by Crippen LogP contribution is 2.26. The Morgan fingerprint density at radius 1 is 1.07 bits per heavy atom. The van der Waals surface area contributed by atoms with Crippen molar-refractivity contribution in [1.82, 2.24) is 10.3 Å². The zero-order valence-corrected chi connectivity index (χ0v) is 16.6. The third-order valence-electron chi connectivity index (χ3n) is 4.83. The number of para-hydroxylation sites is 1. The number of fused-ring (bicyclic) bond motifs is 1. The number of aromatic amines is 1. The van der Waals surface area contributed by atoms with Crippen LogP contribution in [0.2, 0.25) is 0 Å². The standard InChI is InChI=1S/C21H21N3O4S/c1-21(23-16-5-3-2-4-15(16)18(25)24-21)10-11-28-14-8-6-13(7-9-14)12-17-19(26)22-20(27)29-17/h2-9,23,26H,10-12H2,1H3,(H,22,27)(H,24,25). The lowest BCUT2D eigenvalue weighted by molar-refractivity contribution is 0.0895. The molecule has 0 saturated carbocycles. The van der Waals surface area contributed by atoms with E-state index in [-0.39, 0.29) is 16.7 Å². The Bertz CT molecular complexity index is 1090. The molecule has 0 bridgehead atoms. The van der Waals surface area contributed by atoms with E-state index < -0.39 is 5.66 Å². The summed E-state index contributed by atoms with van der Waals surface area (Å²) in [6, 6.07) is 14.9. The molecule has 8 heteroatoms. The summed E-state index contributed by atoms with van der Waals surface area (Å²) in [6.07, 6.45) is 1.06. The van der Waals surface area contributed by atoms with E-state index in [1.807, 2.05) is 49.4 Å². The van der Waals surface area contributed by atoms with Crippen molar-refractivity contribution in [2.75, 3.05) is 11.9 Å². The maximum absolute atomic E-state index is 12.3. The van der Waals surface area contributed by atoms with Crippen LogP contribution >= 0.6 is 11.3 Å². The van der Waals surface area contributed by atoms with Crippen LogP contribution in [0.15, 0.2) is 53.3 Å². The van der Waals surface area contributed by atoms with Gasteiger partial charge in [-0.25, -0.2) is 0 Å². The zero-order valence-electron chi connectivity index (χ0n) is 15.8. The second-order valence-electron chi connectivity index (χ2n) is 7.16. The van der Waals surface area contributed by atoms with Crippen molar-refractivity contribution in [3.05, 3.63) is 74.2 Å². The summed E-state index contributed by atoms with van der Waals surface area (Å²) in [5.41, 5.74) is 1.83. The van der Waals surface area contributed by atoms with Gasteiger partial charge in [-0.3, -0.25) is 14.6 Å². The first-order valence-corrected chi connectivity index (χ1v) is 10.1. The average Bonchev–Trinajstić information content (AvgIpc) is 3.00. The summed E-state index contributed by atoms with van der Waals surface area (Å²) in [7, 11) is 0. The number of anilines is 1. The lowest BCUT2D eigenvalue weighted by Gasteiger charge is -2.37. The van der Waals surface area contributed by atoms with Gasteiger partial charge in [0.25, 0.3) is 5.91 Å². The first kappa shape index (κ1) is 19.1. The summed E-state index contributed by atoms with van der Waals surface area (Å²) in [5.74, 6) is 0.546. The minimum Gasteiger partial charge on any atom is -0.494 e. The van der Waals surface area contributed by atoms with Crippen molar-refractivity contribution in [3.8, 4) is 11.6 Å². The molecule has 150 valence electrons. The molecule has 0 aliphatic carbocycles. The Kier molecular flexibility index (Phi) is 5.02. The van der Waals surface area contributed by atoms with Crippen molar-refractivity contribution < 1.29 is 14.6 Å². The van der Waals surface area contributed by atoms with E-state index in [0.717, 1.165) is 22.6 Å². The topological polar surface area (TPSA) is 103 Å². The molecule has 1 aliphatic heterocycles. The molecule has 7 nitrogen and oxygen atoms in total. The minimum atomic E-state index is -0.589. The van der Waals surface area contributed by atoms with E-state index in [0.29, 0.717) is 35.6 Å². The van der Waals surface area contributed by atoms with Crippen molar-refractivity contribution in [3.63, 3.8) is 0 Å². The van der Waals surface area contributed by atoms with E-state index in [1.54, 1.807) is 6.07 Å². The summed E-state index contributed by atoms with van der Waals surface area (Å²) in [6.45, 7) is 2.35. The van der Waals surface area contributed by atoms with Crippen LogP contribution in [-0.4, -0.2) is 28.3 Å². The number of hydrogen-bond acceptors (Lipinski definition) is 6. The van der Waals surface area contributed by atoms with Crippen LogP contribution in [0.5, 0.6) is 11.6 Å². The average molecular weight is 411 g/mol. The number of aromatic hydroxyl groups is 1. The predicted octanol–water partition coefficient (Wildman–Crippen LogP) is 3.07. The molecule has 2 heterocycles. The monoisotopic (exact) mass is 411 g/mol. The Labute approximate surface area is 171 Å². The van der Waals surface area contributed by atoms with Crippen molar-refractivity contribution in [1.29, 1.82) is 0 Å². The van der Waals surface area contributed by atoms with Crippen molar-refractivity contribution in [2.45, 2.75) is 25.4 Å². The Hall–Kier alpha value is -3.26. The van der Waals surface area contributed by atoms with Gasteiger partial charge in [-0.05, 0) is 36.8 Å². The molecule has 0 saturated heterocycles. The van der Waals surface area contributed by atoms with Crippen LogP contribution in [0.3, 0.4) is 0 Å². The molecule has 0 spiro atoms. The smallest absolute Gasteiger partial charge is 0.307 e. The predicted molar refractivity (Wildman–Crippen MR) is 112 cm³/mol. The number of nitrogens with one attached hydrogen (secondary N) is 3. The highest BCUT2D eigenvalue weighted by molar-refractivity contribution is 7.09. The fourth-order valence-electron chi connectivity index (χ4n) is 3.30. The summed E-state index contributed by atoms with van der Waals surface area (Å²) in [4.78, 5) is 26.3. The van der Waals surface area contributed by atoms with E-state index in [2.05, 4.69) is 15.6 Å². The lowest BCUT2D eigenvalue weighted by atomic mass is 10.0. The molecule has 0 fully saturated rings. The van der Waals surface area contributed by atoms with Gasteiger partial charge in [-0.1, -0.05) is 35.6 Å². The normalized spacial score (nSPS) is 17.9.